The summed E-state index contributed by atoms with van der Waals surface area (Å²) < 4.78 is 0. The Morgan fingerprint density at radius 1 is 1.00 bits per heavy atom. The van der Waals surface area contributed by atoms with E-state index in [9.17, 15) is 0 Å². The van der Waals surface area contributed by atoms with Crippen molar-refractivity contribution in [1.82, 2.24) is 0 Å². The molecule has 0 spiro atoms. The third-order valence-corrected chi connectivity index (χ3v) is 0.940. The Balaban J connectivity index is -0.000000163. The molecule has 0 unspecified atom stereocenters. The predicted octanol–water partition coefficient (Wildman–Crippen LogP) is 3.08. The maximum atomic E-state index is 2.08. The Hall–Kier alpha value is 0.324. The van der Waals surface area contributed by atoms with Crippen LogP contribution in [0.5, 0.6) is 0 Å². The van der Waals surface area contributed by atoms with Crippen molar-refractivity contribution in [2.24, 2.45) is 0 Å². The molecule has 0 aromatic heterocycles. The maximum Gasteiger partial charge on any atom is 0 e. The van der Waals surface area contributed by atoms with Crippen LogP contribution in [-0.2, 0) is 32.7 Å². The zero-order valence-electron chi connectivity index (χ0n) is 5.96. The van der Waals surface area contributed by atoms with Gasteiger partial charge in [0.15, 0.2) is 0 Å². The molecular formula is C9H15Y-. The Labute approximate surface area is 89.9 Å². The van der Waals surface area contributed by atoms with Crippen molar-refractivity contribution in [3.8, 4) is 0 Å². The van der Waals surface area contributed by atoms with E-state index in [4.69, 9.17) is 0 Å². The van der Waals surface area contributed by atoms with Crippen molar-refractivity contribution in [3.63, 3.8) is 0 Å². The van der Waals surface area contributed by atoms with E-state index in [1.54, 1.807) is 0 Å². The summed E-state index contributed by atoms with van der Waals surface area (Å²) in [6.45, 7) is 2.08. The van der Waals surface area contributed by atoms with Crippen LogP contribution in [0.2, 0.25) is 0 Å². The van der Waals surface area contributed by atoms with Crippen molar-refractivity contribution in [1.29, 1.82) is 0 Å². The van der Waals surface area contributed by atoms with E-state index in [0.29, 0.717) is 0 Å². The standard InChI is InChI=1S/C7H8.CH4.CH3.Y/c1-7-5-3-2-4-6-7;;;/h2-6H,1H3;1H4;1H3;/q;;-1;. The van der Waals surface area contributed by atoms with Crippen LogP contribution in [0.15, 0.2) is 30.3 Å². The summed E-state index contributed by atoms with van der Waals surface area (Å²) in [5, 5.41) is 0. The molecule has 1 aromatic carbocycles. The summed E-state index contributed by atoms with van der Waals surface area (Å²) in [7, 11) is 0. The second-order valence-electron chi connectivity index (χ2n) is 1.65. The molecule has 0 aliphatic rings. The molecule has 10 heavy (non-hydrogen) atoms. The summed E-state index contributed by atoms with van der Waals surface area (Å²) in [4.78, 5) is 0. The molecule has 1 heteroatoms. The Morgan fingerprint density at radius 3 is 1.60 bits per heavy atom. The Bertz CT molecular complexity index is 135. The van der Waals surface area contributed by atoms with Crippen molar-refractivity contribution in [3.05, 3.63) is 43.3 Å². The maximum absolute atomic E-state index is 2.08. The molecule has 0 saturated carbocycles. The van der Waals surface area contributed by atoms with E-state index in [2.05, 4.69) is 19.1 Å². The minimum absolute atomic E-state index is 0. The predicted molar refractivity (Wildman–Crippen MR) is 44.3 cm³/mol. The smallest absolute Gasteiger partial charge is 0 e. The molecule has 0 heterocycles. The van der Waals surface area contributed by atoms with E-state index in [1.165, 1.54) is 5.56 Å². The van der Waals surface area contributed by atoms with E-state index < -0.39 is 0 Å². The molecular weight excluding hydrogens is 197 g/mol. The molecule has 55 valence electrons. The molecule has 0 amide bonds. The van der Waals surface area contributed by atoms with Crippen molar-refractivity contribution >= 4 is 0 Å². The molecule has 1 rings (SSSR count). The van der Waals surface area contributed by atoms with Gasteiger partial charge in [0.2, 0.25) is 0 Å². The van der Waals surface area contributed by atoms with Gasteiger partial charge in [-0.25, -0.2) is 0 Å². The zero-order valence-corrected chi connectivity index (χ0v) is 8.80. The van der Waals surface area contributed by atoms with Gasteiger partial charge < -0.3 is 7.43 Å². The fraction of sp³-hybridized carbons (Fsp3) is 0.222. The first-order chi connectivity index (χ1) is 3.39. The number of aryl methyl sites for hydroxylation is 1. The molecule has 0 aliphatic heterocycles. The zero-order chi connectivity index (χ0) is 5.11. The molecule has 0 bridgehead atoms. The molecule has 1 aromatic rings. The first-order valence-electron chi connectivity index (χ1n) is 2.41. The Morgan fingerprint density at radius 2 is 1.40 bits per heavy atom. The normalized spacial score (nSPS) is 6.10. The van der Waals surface area contributed by atoms with Crippen LogP contribution in [0.25, 0.3) is 0 Å². The molecule has 0 nitrogen and oxygen atoms in total. The van der Waals surface area contributed by atoms with Gasteiger partial charge in [-0.3, -0.25) is 0 Å². The summed E-state index contributed by atoms with van der Waals surface area (Å²) in [5.74, 6) is 0. The molecule has 0 saturated heterocycles. The van der Waals surface area contributed by atoms with E-state index in [0.717, 1.165) is 0 Å². The van der Waals surface area contributed by atoms with E-state index in [-0.39, 0.29) is 47.6 Å². The fourth-order valence-corrected chi connectivity index (χ4v) is 0.534. The molecule has 0 N–H and O–H groups in total. The largest absolute Gasteiger partial charge is 0.358 e. The molecule has 0 atom stereocenters. The van der Waals surface area contributed by atoms with Gasteiger partial charge in [0.05, 0.1) is 0 Å². The summed E-state index contributed by atoms with van der Waals surface area (Å²) in [6.07, 6.45) is 0. The topological polar surface area (TPSA) is 0 Å². The Kier molecular flexibility index (Phi) is 15.6. The third-order valence-electron chi connectivity index (χ3n) is 0.940. The average Bonchev–Trinajstić information content (AvgIpc) is 1.69. The van der Waals surface area contributed by atoms with E-state index >= 15 is 0 Å². The van der Waals surface area contributed by atoms with Gasteiger partial charge in [0, 0.05) is 32.7 Å². The van der Waals surface area contributed by atoms with Crippen LogP contribution in [0.3, 0.4) is 0 Å². The van der Waals surface area contributed by atoms with Gasteiger partial charge in [-0.1, -0.05) is 43.3 Å². The first kappa shape index (κ1) is 16.7. The second kappa shape index (κ2) is 9.32. The van der Waals surface area contributed by atoms with Crippen molar-refractivity contribution in [2.75, 3.05) is 0 Å². The number of rotatable bonds is 0. The minimum atomic E-state index is 0. The molecule has 1 radical (unpaired) electrons. The van der Waals surface area contributed by atoms with Crippen LogP contribution in [0.1, 0.15) is 13.0 Å². The third kappa shape index (κ3) is 6.44. The molecule has 0 aliphatic carbocycles. The second-order valence-corrected chi connectivity index (χ2v) is 1.65. The summed E-state index contributed by atoms with van der Waals surface area (Å²) in [5.41, 5.74) is 1.32. The van der Waals surface area contributed by atoms with Crippen LogP contribution in [0, 0.1) is 14.4 Å². The number of hydrogen-bond acceptors (Lipinski definition) is 0. The van der Waals surface area contributed by atoms with Crippen molar-refractivity contribution in [2.45, 2.75) is 14.4 Å². The average molecular weight is 212 g/mol. The van der Waals surface area contributed by atoms with E-state index in [1.807, 2.05) is 18.2 Å². The minimum Gasteiger partial charge on any atom is -0.358 e. The van der Waals surface area contributed by atoms with Crippen LogP contribution < -0.4 is 0 Å². The summed E-state index contributed by atoms with van der Waals surface area (Å²) in [6, 6.07) is 10.3. The van der Waals surface area contributed by atoms with Crippen LogP contribution >= 0.6 is 0 Å². The first-order valence-corrected chi connectivity index (χ1v) is 2.41. The van der Waals surface area contributed by atoms with Gasteiger partial charge >= 0.3 is 0 Å². The van der Waals surface area contributed by atoms with Gasteiger partial charge in [-0.2, -0.15) is 0 Å². The monoisotopic (exact) mass is 212 g/mol. The molecule has 0 fully saturated rings. The van der Waals surface area contributed by atoms with Crippen molar-refractivity contribution < 1.29 is 32.7 Å². The quantitative estimate of drug-likeness (QED) is 0.579. The summed E-state index contributed by atoms with van der Waals surface area (Å²) >= 11 is 0. The van der Waals surface area contributed by atoms with Crippen LogP contribution in [0.4, 0.5) is 0 Å². The number of benzene rings is 1. The van der Waals surface area contributed by atoms with Gasteiger partial charge in [0.25, 0.3) is 0 Å². The van der Waals surface area contributed by atoms with Gasteiger partial charge in [-0.15, -0.1) is 0 Å². The fourth-order valence-electron chi connectivity index (χ4n) is 0.534. The number of hydrogen-bond donors (Lipinski definition) is 0. The van der Waals surface area contributed by atoms with Gasteiger partial charge in [-0.05, 0) is 6.92 Å². The SMILES string of the molecule is C.Cc1ccccc1.[CH3-].[Y]. The van der Waals surface area contributed by atoms with Crippen LogP contribution in [-0.4, -0.2) is 0 Å². The van der Waals surface area contributed by atoms with Gasteiger partial charge in [0.1, 0.15) is 0 Å².